The van der Waals surface area contributed by atoms with Gasteiger partial charge in [0.1, 0.15) is 5.82 Å². The summed E-state index contributed by atoms with van der Waals surface area (Å²) in [6.07, 6.45) is 2.23. The van der Waals surface area contributed by atoms with Crippen molar-refractivity contribution in [2.24, 2.45) is 5.92 Å². The van der Waals surface area contributed by atoms with Gasteiger partial charge in [-0.15, -0.1) is 0 Å². The Bertz CT molecular complexity index is 1460. The van der Waals surface area contributed by atoms with Gasteiger partial charge in [0, 0.05) is 23.8 Å². The minimum atomic E-state index is -4.38. The number of hydrogen-bond acceptors (Lipinski definition) is 6. The van der Waals surface area contributed by atoms with Gasteiger partial charge in [-0.25, -0.2) is 18.1 Å². The largest absolute Gasteiger partial charge is 0.351 e. The number of nitrogens with zero attached hydrogens (tertiary/aromatic N) is 2. The van der Waals surface area contributed by atoms with E-state index in [-0.39, 0.29) is 11.1 Å². The molecule has 1 aliphatic rings. The number of aromatic amines is 1. The first-order valence-electron chi connectivity index (χ1n) is 11.5. The van der Waals surface area contributed by atoms with Crippen molar-refractivity contribution in [3.63, 3.8) is 0 Å². The van der Waals surface area contributed by atoms with E-state index in [4.69, 9.17) is 4.98 Å². The summed E-state index contributed by atoms with van der Waals surface area (Å²) >= 11 is 0. The Hall–Kier alpha value is -3.46. The molecule has 2 N–H and O–H groups in total. The fourth-order valence-electron chi connectivity index (χ4n) is 4.89. The molecule has 9 heteroatoms. The number of aryl methyl sites for hydroxylation is 2. The Balaban J connectivity index is 1.81. The van der Waals surface area contributed by atoms with Crippen LogP contribution >= 0.6 is 0 Å². The molecule has 1 fully saturated rings. The van der Waals surface area contributed by atoms with Gasteiger partial charge < -0.3 is 9.88 Å². The lowest BCUT2D eigenvalue weighted by Gasteiger charge is -2.34. The summed E-state index contributed by atoms with van der Waals surface area (Å²) in [7, 11) is -4.38. The number of hydrogen-bond donors (Lipinski definition) is 2. The summed E-state index contributed by atoms with van der Waals surface area (Å²) in [6, 6.07) is 12.0. The van der Waals surface area contributed by atoms with E-state index in [9.17, 15) is 18.0 Å². The molecule has 1 amide bonds. The minimum absolute atomic E-state index is 0.136. The van der Waals surface area contributed by atoms with Gasteiger partial charge in [-0.05, 0) is 69.9 Å². The molecule has 2 aromatic heterocycles. The lowest BCUT2D eigenvalue weighted by Crippen LogP contribution is -2.41. The Morgan fingerprint density at radius 3 is 2.54 bits per heavy atom. The van der Waals surface area contributed by atoms with Crippen LogP contribution in [0, 0.1) is 19.8 Å². The van der Waals surface area contributed by atoms with E-state index in [0.29, 0.717) is 24.0 Å². The zero-order valence-electron chi connectivity index (χ0n) is 20.5. The fourth-order valence-corrected chi connectivity index (χ4v) is 5.92. The predicted molar refractivity (Wildman–Crippen MR) is 136 cm³/mol. The van der Waals surface area contributed by atoms with E-state index in [1.165, 1.54) is 12.3 Å². The highest BCUT2D eigenvalue weighted by Gasteiger charge is 2.39. The first kappa shape index (κ1) is 24.7. The number of sulfonamides is 1. The van der Waals surface area contributed by atoms with Crippen LogP contribution in [0.3, 0.4) is 0 Å². The van der Waals surface area contributed by atoms with E-state index in [1.807, 2.05) is 26.0 Å². The van der Waals surface area contributed by atoms with Gasteiger partial charge in [0.15, 0.2) is 4.90 Å². The number of nitrogens with one attached hydrogen (secondary N) is 2. The van der Waals surface area contributed by atoms with Gasteiger partial charge in [-0.3, -0.25) is 9.59 Å². The van der Waals surface area contributed by atoms with Crippen molar-refractivity contribution >= 4 is 21.7 Å². The van der Waals surface area contributed by atoms with E-state index in [0.717, 1.165) is 29.2 Å². The first-order chi connectivity index (χ1) is 16.4. The lowest BCUT2D eigenvalue weighted by molar-refractivity contribution is 0.0981. The van der Waals surface area contributed by atoms with Crippen LogP contribution in [-0.2, 0) is 10.0 Å². The van der Waals surface area contributed by atoms with Crippen LogP contribution in [0.15, 0.2) is 58.4 Å². The molecular weight excluding hydrogens is 464 g/mol. The summed E-state index contributed by atoms with van der Waals surface area (Å²) in [5.74, 6) is -0.0381. The van der Waals surface area contributed by atoms with Crippen molar-refractivity contribution in [1.29, 1.82) is 0 Å². The number of H-pyrrole nitrogens is 1. The Morgan fingerprint density at radius 2 is 1.91 bits per heavy atom. The summed E-state index contributed by atoms with van der Waals surface area (Å²) in [6.45, 7) is 11.0. The molecule has 3 heterocycles. The van der Waals surface area contributed by atoms with Crippen LogP contribution in [-0.4, -0.2) is 36.4 Å². The standard InChI is InChI=1S/C26H30N4O4S/c1-16-8-9-19(18(3)13-16)21-11-10-20(23(28-21)30-15-17(2)14-26(30,4)5)24(31)29-35(33,34)22-7-6-12-27-25(22)32/h6-13,17H,14-15H2,1-5H3,(H,27,32)(H,29,31)/t17-/m0/s1. The minimum Gasteiger partial charge on any atom is -0.351 e. The number of anilines is 1. The number of carbonyl (C=O) groups is 1. The second-order valence-corrected chi connectivity index (χ2v) is 11.6. The average molecular weight is 495 g/mol. The molecule has 1 saturated heterocycles. The van der Waals surface area contributed by atoms with E-state index in [2.05, 4.69) is 41.4 Å². The summed E-state index contributed by atoms with van der Waals surface area (Å²) in [5.41, 5.74) is 2.89. The van der Waals surface area contributed by atoms with Crippen LogP contribution in [0.1, 0.15) is 48.7 Å². The zero-order chi connectivity index (χ0) is 25.5. The van der Waals surface area contributed by atoms with Crippen molar-refractivity contribution < 1.29 is 13.2 Å². The molecule has 1 atom stereocenters. The van der Waals surface area contributed by atoms with Crippen LogP contribution in [0.5, 0.6) is 0 Å². The third kappa shape index (κ3) is 4.86. The van der Waals surface area contributed by atoms with Gasteiger partial charge in [0.2, 0.25) is 0 Å². The maximum absolute atomic E-state index is 13.3. The zero-order valence-corrected chi connectivity index (χ0v) is 21.4. The summed E-state index contributed by atoms with van der Waals surface area (Å²) < 4.78 is 27.7. The van der Waals surface area contributed by atoms with Crippen molar-refractivity contribution in [3.05, 3.63) is 75.7 Å². The molecule has 3 aromatic rings. The highest BCUT2D eigenvalue weighted by atomic mass is 32.2. The number of amides is 1. The summed E-state index contributed by atoms with van der Waals surface area (Å²) in [5, 5.41) is 0. The molecule has 1 aliphatic heterocycles. The first-order valence-corrected chi connectivity index (χ1v) is 13.0. The van der Waals surface area contributed by atoms with Crippen molar-refractivity contribution in [2.75, 3.05) is 11.4 Å². The normalized spacial score (nSPS) is 17.4. The molecule has 0 aliphatic carbocycles. The van der Waals surface area contributed by atoms with Crippen LogP contribution < -0.4 is 15.2 Å². The third-order valence-electron chi connectivity index (χ3n) is 6.40. The van der Waals surface area contributed by atoms with Gasteiger partial charge in [0.05, 0.1) is 11.3 Å². The number of aromatic nitrogens is 2. The third-order valence-corrected chi connectivity index (χ3v) is 7.76. The number of rotatable bonds is 5. The molecule has 8 nitrogen and oxygen atoms in total. The molecule has 184 valence electrons. The van der Waals surface area contributed by atoms with Crippen molar-refractivity contribution in [3.8, 4) is 11.3 Å². The van der Waals surface area contributed by atoms with Gasteiger partial charge >= 0.3 is 0 Å². The molecule has 35 heavy (non-hydrogen) atoms. The molecule has 0 bridgehead atoms. The van der Waals surface area contributed by atoms with Crippen LogP contribution in [0.25, 0.3) is 11.3 Å². The molecule has 1 aromatic carbocycles. The summed E-state index contributed by atoms with van der Waals surface area (Å²) in [4.78, 5) is 34.1. The number of carbonyl (C=O) groups excluding carboxylic acids is 1. The Labute approximate surface area is 205 Å². The SMILES string of the molecule is Cc1ccc(-c2ccc(C(=O)NS(=O)(=O)c3ccc[nH]c3=O)c(N3C[C@@H](C)CC3(C)C)n2)c(C)c1. The van der Waals surface area contributed by atoms with Crippen LogP contribution in [0.4, 0.5) is 5.82 Å². The second-order valence-electron chi connectivity index (χ2n) is 9.92. The maximum atomic E-state index is 13.3. The fraction of sp³-hybridized carbons (Fsp3) is 0.346. The van der Waals surface area contributed by atoms with E-state index >= 15 is 0 Å². The second kappa shape index (κ2) is 8.96. The average Bonchev–Trinajstić information content (AvgIpc) is 3.05. The molecule has 0 radical (unpaired) electrons. The molecule has 4 rings (SSSR count). The molecule has 0 spiro atoms. The Kier molecular flexibility index (Phi) is 6.31. The van der Waals surface area contributed by atoms with Gasteiger partial charge in [-0.1, -0.05) is 30.7 Å². The highest BCUT2D eigenvalue weighted by Crippen LogP contribution is 2.38. The van der Waals surface area contributed by atoms with Gasteiger partial charge in [-0.2, -0.15) is 0 Å². The maximum Gasteiger partial charge on any atom is 0.269 e. The lowest BCUT2D eigenvalue weighted by atomic mass is 9.97. The van der Waals surface area contributed by atoms with Crippen molar-refractivity contribution in [1.82, 2.24) is 14.7 Å². The quantitative estimate of drug-likeness (QED) is 0.558. The number of pyridine rings is 2. The van der Waals surface area contributed by atoms with Crippen molar-refractivity contribution in [2.45, 2.75) is 51.5 Å². The molecule has 0 unspecified atom stereocenters. The monoisotopic (exact) mass is 494 g/mol. The smallest absolute Gasteiger partial charge is 0.269 e. The van der Waals surface area contributed by atoms with Gasteiger partial charge in [0.25, 0.3) is 21.5 Å². The van der Waals surface area contributed by atoms with Crippen LogP contribution in [0.2, 0.25) is 0 Å². The van der Waals surface area contributed by atoms with E-state index in [1.54, 1.807) is 12.1 Å². The topological polar surface area (TPSA) is 112 Å². The predicted octanol–water partition coefficient (Wildman–Crippen LogP) is 3.80. The molecular formula is C26H30N4O4S. The van der Waals surface area contributed by atoms with E-state index < -0.39 is 26.4 Å². The highest BCUT2D eigenvalue weighted by molar-refractivity contribution is 7.90. The molecule has 0 saturated carbocycles. The Morgan fingerprint density at radius 1 is 1.17 bits per heavy atom. The number of benzene rings is 1.